The molecule has 2 N–H and O–H groups in total. The summed E-state index contributed by atoms with van der Waals surface area (Å²) in [6, 6.07) is 10.00. The first kappa shape index (κ1) is 21.3. The van der Waals surface area contributed by atoms with Crippen LogP contribution >= 0.6 is 0 Å². The summed E-state index contributed by atoms with van der Waals surface area (Å²) >= 11 is 0. The van der Waals surface area contributed by atoms with E-state index in [2.05, 4.69) is 44.7 Å². The van der Waals surface area contributed by atoms with Crippen molar-refractivity contribution in [3.05, 3.63) is 35.9 Å². The quantitative estimate of drug-likeness (QED) is 0.674. The third kappa shape index (κ3) is 5.22. The zero-order valence-corrected chi connectivity index (χ0v) is 18.1. The van der Waals surface area contributed by atoms with Gasteiger partial charge in [0.05, 0.1) is 5.41 Å². The molecule has 1 spiro atoms. The van der Waals surface area contributed by atoms with Crippen LogP contribution in [0.15, 0.2) is 30.3 Å². The molecule has 2 atom stereocenters. The minimum atomic E-state index is -0.400. The smallest absolute Gasteiger partial charge is 0.242 e. The van der Waals surface area contributed by atoms with E-state index in [4.69, 9.17) is 0 Å². The fourth-order valence-electron chi connectivity index (χ4n) is 5.29. The molecule has 0 unspecified atom stereocenters. The minimum absolute atomic E-state index is 0.0161. The molecule has 0 saturated carbocycles. The van der Waals surface area contributed by atoms with Crippen molar-refractivity contribution in [2.24, 2.45) is 5.41 Å². The zero-order valence-electron chi connectivity index (χ0n) is 18.1. The molecule has 164 valence electrons. The van der Waals surface area contributed by atoms with Crippen LogP contribution in [-0.4, -0.2) is 66.9 Å². The normalized spacial score (nSPS) is 27.9. The molecule has 1 aromatic rings. The number of carbonyl (C=O) groups is 2. The van der Waals surface area contributed by atoms with E-state index in [0.717, 1.165) is 39.0 Å². The molecule has 3 heterocycles. The molecule has 2 amide bonds. The fourth-order valence-corrected chi connectivity index (χ4v) is 5.29. The van der Waals surface area contributed by atoms with Gasteiger partial charge in [-0.05, 0) is 63.8 Å². The summed E-state index contributed by atoms with van der Waals surface area (Å²) in [6.45, 7) is 6.63. The van der Waals surface area contributed by atoms with Crippen molar-refractivity contribution < 1.29 is 9.59 Å². The van der Waals surface area contributed by atoms with E-state index in [0.29, 0.717) is 13.0 Å². The van der Waals surface area contributed by atoms with Crippen LogP contribution in [0, 0.1) is 5.41 Å². The molecule has 0 bridgehead atoms. The van der Waals surface area contributed by atoms with Gasteiger partial charge in [-0.2, -0.15) is 0 Å². The first-order chi connectivity index (χ1) is 14.6. The van der Waals surface area contributed by atoms with Crippen molar-refractivity contribution >= 4 is 11.8 Å². The van der Waals surface area contributed by atoms with Crippen molar-refractivity contribution in [2.75, 3.05) is 39.3 Å². The highest BCUT2D eigenvalue weighted by atomic mass is 16.2. The van der Waals surface area contributed by atoms with Gasteiger partial charge in [-0.1, -0.05) is 43.2 Å². The van der Waals surface area contributed by atoms with Crippen LogP contribution in [0.3, 0.4) is 0 Å². The highest BCUT2D eigenvalue weighted by Gasteiger charge is 2.52. The Morgan fingerprint density at radius 2 is 1.83 bits per heavy atom. The molecular formula is C24H36N4O2. The Morgan fingerprint density at radius 1 is 1.07 bits per heavy atom. The van der Waals surface area contributed by atoms with Crippen molar-refractivity contribution in [1.29, 1.82) is 0 Å². The molecule has 3 fully saturated rings. The third-order valence-electron chi connectivity index (χ3n) is 7.03. The number of rotatable bonds is 7. The van der Waals surface area contributed by atoms with E-state index in [1.165, 1.54) is 44.3 Å². The maximum Gasteiger partial charge on any atom is 0.242 e. The lowest BCUT2D eigenvalue weighted by molar-refractivity contribution is -0.128. The average Bonchev–Trinajstić information content (AvgIpc) is 3.18. The highest BCUT2D eigenvalue weighted by Crippen LogP contribution is 2.40. The van der Waals surface area contributed by atoms with E-state index >= 15 is 0 Å². The van der Waals surface area contributed by atoms with Gasteiger partial charge in [-0.25, -0.2) is 0 Å². The van der Waals surface area contributed by atoms with Gasteiger partial charge in [-0.3, -0.25) is 14.5 Å². The Labute approximate surface area is 180 Å². The zero-order chi connectivity index (χ0) is 20.8. The predicted octanol–water partition coefficient (Wildman–Crippen LogP) is 2.15. The van der Waals surface area contributed by atoms with E-state index < -0.39 is 5.41 Å². The van der Waals surface area contributed by atoms with Gasteiger partial charge in [0.25, 0.3) is 0 Å². The molecule has 6 heteroatoms. The van der Waals surface area contributed by atoms with Crippen LogP contribution < -0.4 is 10.6 Å². The van der Waals surface area contributed by atoms with Crippen molar-refractivity contribution in [2.45, 2.75) is 57.5 Å². The van der Waals surface area contributed by atoms with Crippen LogP contribution in [-0.2, 0) is 16.1 Å². The van der Waals surface area contributed by atoms with Gasteiger partial charge in [-0.15, -0.1) is 0 Å². The molecule has 1 aromatic carbocycles. The molecule has 3 saturated heterocycles. The second-order valence-electron chi connectivity index (χ2n) is 9.36. The molecule has 0 aliphatic carbocycles. The topological polar surface area (TPSA) is 64.7 Å². The lowest BCUT2D eigenvalue weighted by Gasteiger charge is -2.21. The summed E-state index contributed by atoms with van der Waals surface area (Å²) in [5.41, 5.74) is 0.870. The van der Waals surface area contributed by atoms with E-state index in [-0.39, 0.29) is 17.9 Å². The number of benzene rings is 1. The maximum absolute atomic E-state index is 12.8. The summed E-state index contributed by atoms with van der Waals surface area (Å²) in [5.74, 6) is 0.0420. The Morgan fingerprint density at radius 3 is 2.60 bits per heavy atom. The van der Waals surface area contributed by atoms with Crippen LogP contribution in [0.25, 0.3) is 0 Å². The van der Waals surface area contributed by atoms with Crippen molar-refractivity contribution in [3.63, 3.8) is 0 Å². The largest absolute Gasteiger partial charge is 0.354 e. The summed E-state index contributed by atoms with van der Waals surface area (Å²) in [4.78, 5) is 30.3. The van der Waals surface area contributed by atoms with Gasteiger partial charge >= 0.3 is 0 Å². The Kier molecular flexibility index (Phi) is 7.05. The van der Waals surface area contributed by atoms with E-state index in [9.17, 15) is 9.59 Å². The lowest BCUT2D eigenvalue weighted by Crippen LogP contribution is -2.42. The number of nitrogens with zero attached hydrogens (tertiary/aromatic N) is 2. The Bertz CT molecular complexity index is 717. The molecule has 6 nitrogen and oxygen atoms in total. The van der Waals surface area contributed by atoms with Crippen LogP contribution in [0.2, 0.25) is 0 Å². The molecule has 0 radical (unpaired) electrons. The van der Waals surface area contributed by atoms with Gasteiger partial charge in [0, 0.05) is 19.6 Å². The first-order valence-corrected chi connectivity index (χ1v) is 11.7. The number of nitrogens with one attached hydrogen (secondary N) is 2. The number of hydrogen-bond acceptors (Lipinski definition) is 4. The van der Waals surface area contributed by atoms with Crippen molar-refractivity contribution in [3.8, 4) is 0 Å². The second-order valence-corrected chi connectivity index (χ2v) is 9.36. The van der Waals surface area contributed by atoms with Gasteiger partial charge in [0.1, 0.15) is 6.04 Å². The number of hydrogen-bond donors (Lipinski definition) is 2. The van der Waals surface area contributed by atoms with E-state index in [1.54, 1.807) is 0 Å². The second kappa shape index (κ2) is 9.92. The SMILES string of the molecule is O=C(NCCCN1CCCCCC1)[C@@H]1C[C@]2(CCN(Cc3ccccc3)C2)C(=O)N1. The van der Waals surface area contributed by atoms with Crippen LogP contribution in [0.5, 0.6) is 0 Å². The predicted molar refractivity (Wildman–Crippen MR) is 118 cm³/mol. The maximum atomic E-state index is 12.8. The van der Waals surface area contributed by atoms with E-state index in [1.807, 2.05) is 6.07 Å². The number of carbonyl (C=O) groups excluding carboxylic acids is 2. The summed E-state index contributed by atoms with van der Waals surface area (Å²) in [5, 5.41) is 6.05. The Hall–Kier alpha value is -1.92. The lowest BCUT2D eigenvalue weighted by atomic mass is 9.84. The minimum Gasteiger partial charge on any atom is -0.354 e. The molecule has 30 heavy (non-hydrogen) atoms. The summed E-state index contributed by atoms with van der Waals surface area (Å²) < 4.78 is 0. The molecule has 4 rings (SSSR count). The summed E-state index contributed by atoms with van der Waals surface area (Å²) in [7, 11) is 0. The standard InChI is InChI=1S/C24H36N4O2/c29-22(25-12-8-15-27-13-6-1-2-7-14-27)21-17-24(23(30)26-21)11-16-28(19-24)18-20-9-4-3-5-10-20/h3-5,9-10,21H,1-2,6-8,11-19H2,(H,25,29)(H,26,30)/t21-,24-/m0/s1. The Balaban J connectivity index is 1.20. The molecule has 3 aliphatic rings. The average molecular weight is 413 g/mol. The molecule has 3 aliphatic heterocycles. The number of amides is 2. The monoisotopic (exact) mass is 412 g/mol. The molecular weight excluding hydrogens is 376 g/mol. The highest BCUT2D eigenvalue weighted by molar-refractivity contribution is 5.94. The van der Waals surface area contributed by atoms with Crippen LogP contribution in [0.1, 0.15) is 50.5 Å². The number of likely N-dealkylation sites (tertiary alicyclic amines) is 2. The molecule has 0 aromatic heterocycles. The van der Waals surface area contributed by atoms with Gasteiger partial charge < -0.3 is 15.5 Å². The fraction of sp³-hybridized carbons (Fsp3) is 0.667. The van der Waals surface area contributed by atoms with Crippen molar-refractivity contribution in [1.82, 2.24) is 20.4 Å². The van der Waals surface area contributed by atoms with Gasteiger partial charge in [0.2, 0.25) is 11.8 Å². The van der Waals surface area contributed by atoms with Gasteiger partial charge in [0.15, 0.2) is 0 Å². The summed E-state index contributed by atoms with van der Waals surface area (Å²) in [6.07, 6.45) is 7.72. The first-order valence-electron chi connectivity index (χ1n) is 11.7. The third-order valence-corrected chi connectivity index (χ3v) is 7.03. The van der Waals surface area contributed by atoms with Crippen LogP contribution in [0.4, 0.5) is 0 Å².